The number of nitrogens with zero attached hydrogens (tertiary/aromatic N) is 2. The summed E-state index contributed by atoms with van der Waals surface area (Å²) in [6, 6.07) is 9.22. The maximum absolute atomic E-state index is 13.8. The summed E-state index contributed by atoms with van der Waals surface area (Å²) < 4.78 is 24.5. The third-order valence-corrected chi connectivity index (χ3v) is 7.14. The summed E-state index contributed by atoms with van der Waals surface area (Å²) in [5, 5.41) is 11.5. The number of aliphatic hydroxyl groups excluding tert-OH is 1. The van der Waals surface area contributed by atoms with Crippen molar-refractivity contribution in [3.63, 3.8) is 0 Å². The molecule has 1 aliphatic rings. The molecule has 0 spiro atoms. The summed E-state index contributed by atoms with van der Waals surface area (Å²) in [5.74, 6) is -2.71. The Bertz CT molecular complexity index is 1430. The number of ketones is 1. The Morgan fingerprint density at radius 3 is 2.47 bits per heavy atom. The summed E-state index contributed by atoms with van der Waals surface area (Å²) in [5.41, 5.74) is 1.54. The summed E-state index contributed by atoms with van der Waals surface area (Å²) >= 11 is 0.907. The van der Waals surface area contributed by atoms with Gasteiger partial charge in [-0.15, -0.1) is 0 Å². The number of hydrogen-bond acceptors (Lipinski definition) is 8. The molecule has 1 aliphatic heterocycles. The normalized spacial score (nSPS) is 16.7. The van der Waals surface area contributed by atoms with Gasteiger partial charge in [0.25, 0.3) is 5.78 Å². The van der Waals surface area contributed by atoms with Crippen molar-refractivity contribution >= 4 is 39.9 Å². The number of ether oxygens (including phenoxy) is 2. The molecule has 4 rings (SSSR count). The molecule has 1 unspecified atom stereocenters. The lowest BCUT2D eigenvalue weighted by Crippen LogP contribution is -2.29. The van der Waals surface area contributed by atoms with E-state index in [9.17, 15) is 23.9 Å². The number of carbonyl (C=O) groups excluding carboxylic acids is 3. The van der Waals surface area contributed by atoms with Gasteiger partial charge in [-0.05, 0) is 68.7 Å². The minimum atomic E-state index is -1.10. The predicted molar refractivity (Wildman–Crippen MR) is 141 cm³/mol. The molecular formula is C28H27FN2O6S. The first kappa shape index (κ1) is 27.0. The molecule has 0 radical (unpaired) electrons. The SMILES string of the molecule is CCCOc1ccc(/C(O)=C2\C(=O)C(=O)N(c3nc(C)c(C(=O)OCC)s3)C2c2ccc(F)cc2)c(C)c1. The van der Waals surface area contributed by atoms with Gasteiger partial charge in [0.1, 0.15) is 22.2 Å². The van der Waals surface area contributed by atoms with Crippen LogP contribution in [0.25, 0.3) is 5.76 Å². The minimum absolute atomic E-state index is 0.0843. The van der Waals surface area contributed by atoms with Gasteiger partial charge in [-0.3, -0.25) is 14.5 Å². The number of aryl methyl sites for hydroxylation is 2. The molecule has 10 heteroatoms. The molecule has 198 valence electrons. The van der Waals surface area contributed by atoms with E-state index in [0.29, 0.717) is 34.7 Å². The molecule has 0 bridgehead atoms. The number of esters is 1. The van der Waals surface area contributed by atoms with Crippen molar-refractivity contribution in [2.45, 2.75) is 40.2 Å². The van der Waals surface area contributed by atoms with Crippen molar-refractivity contribution in [3.8, 4) is 5.75 Å². The van der Waals surface area contributed by atoms with Gasteiger partial charge in [0.15, 0.2) is 5.13 Å². The Kier molecular flexibility index (Phi) is 7.91. The molecule has 1 amide bonds. The Morgan fingerprint density at radius 1 is 1.13 bits per heavy atom. The maximum Gasteiger partial charge on any atom is 0.350 e. The zero-order chi connectivity index (χ0) is 27.6. The second-order valence-electron chi connectivity index (χ2n) is 8.68. The number of rotatable bonds is 8. The van der Waals surface area contributed by atoms with E-state index >= 15 is 0 Å². The number of thiazole rings is 1. The van der Waals surface area contributed by atoms with Gasteiger partial charge in [0.05, 0.1) is 30.5 Å². The molecule has 1 aromatic heterocycles. The van der Waals surface area contributed by atoms with E-state index in [0.717, 1.165) is 22.7 Å². The Balaban J connectivity index is 1.87. The second kappa shape index (κ2) is 11.1. The second-order valence-corrected chi connectivity index (χ2v) is 9.65. The van der Waals surface area contributed by atoms with Gasteiger partial charge in [-0.25, -0.2) is 14.2 Å². The van der Waals surface area contributed by atoms with Crippen LogP contribution >= 0.6 is 11.3 Å². The number of aliphatic hydroxyl groups is 1. The van der Waals surface area contributed by atoms with Crippen molar-refractivity contribution in [1.29, 1.82) is 0 Å². The van der Waals surface area contributed by atoms with E-state index in [1.807, 2.05) is 6.92 Å². The molecular weight excluding hydrogens is 511 g/mol. The van der Waals surface area contributed by atoms with Crippen LogP contribution in [0.15, 0.2) is 48.0 Å². The fraction of sp³-hybridized carbons (Fsp3) is 0.286. The fourth-order valence-corrected chi connectivity index (χ4v) is 5.21. The van der Waals surface area contributed by atoms with E-state index in [1.165, 1.54) is 24.3 Å². The van der Waals surface area contributed by atoms with E-state index in [4.69, 9.17) is 9.47 Å². The number of halogens is 1. The monoisotopic (exact) mass is 538 g/mol. The zero-order valence-electron chi connectivity index (χ0n) is 21.4. The highest BCUT2D eigenvalue weighted by molar-refractivity contribution is 7.17. The van der Waals surface area contributed by atoms with Crippen LogP contribution < -0.4 is 9.64 Å². The lowest BCUT2D eigenvalue weighted by atomic mass is 9.94. The van der Waals surface area contributed by atoms with Gasteiger partial charge in [-0.2, -0.15) is 0 Å². The summed E-state index contributed by atoms with van der Waals surface area (Å²) in [4.78, 5) is 44.8. The molecule has 3 aromatic rings. The first-order valence-corrected chi connectivity index (χ1v) is 12.9. The lowest BCUT2D eigenvalue weighted by Gasteiger charge is -2.23. The number of aromatic nitrogens is 1. The standard InChI is InChI=1S/C28H27FN2O6S/c1-5-13-37-19-11-12-20(15(3)14-19)23(32)21-22(17-7-9-18(29)10-8-17)31(26(34)24(21)33)28-30-16(4)25(38-28)27(35)36-6-2/h7-12,14,22,32H,5-6,13H2,1-4H3/b23-21+. The van der Waals surface area contributed by atoms with Crippen LogP contribution in [-0.2, 0) is 14.3 Å². The Labute approximate surface area is 223 Å². The summed E-state index contributed by atoms with van der Waals surface area (Å²) in [6.07, 6.45) is 0.829. The van der Waals surface area contributed by atoms with Crippen LogP contribution in [0.3, 0.4) is 0 Å². The van der Waals surface area contributed by atoms with Crippen molar-refractivity contribution in [2.75, 3.05) is 18.1 Å². The zero-order valence-corrected chi connectivity index (χ0v) is 22.2. The molecule has 1 fully saturated rings. The van der Waals surface area contributed by atoms with E-state index in [2.05, 4.69) is 4.98 Å². The number of anilines is 1. The van der Waals surface area contributed by atoms with Gasteiger partial charge < -0.3 is 14.6 Å². The highest BCUT2D eigenvalue weighted by Gasteiger charge is 2.48. The van der Waals surface area contributed by atoms with Gasteiger partial charge in [0.2, 0.25) is 0 Å². The average Bonchev–Trinajstić information content (AvgIpc) is 3.39. The van der Waals surface area contributed by atoms with E-state index in [-0.39, 0.29) is 27.9 Å². The molecule has 8 nitrogen and oxygen atoms in total. The highest BCUT2D eigenvalue weighted by Crippen LogP contribution is 2.44. The summed E-state index contributed by atoms with van der Waals surface area (Å²) in [6.45, 7) is 7.70. The van der Waals surface area contributed by atoms with Gasteiger partial charge in [-0.1, -0.05) is 30.4 Å². The van der Waals surface area contributed by atoms with Crippen molar-refractivity contribution in [3.05, 3.63) is 81.1 Å². The first-order chi connectivity index (χ1) is 18.2. The first-order valence-electron chi connectivity index (χ1n) is 12.1. The van der Waals surface area contributed by atoms with Crippen LogP contribution in [0, 0.1) is 19.7 Å². The molecule has 1 N–H and O–H groups in total. The molecule has 38 heavy (non-hydrogen) atoms. The molecule has 2 heterocycles. The lowest BCUT2D eigenvalue weighted by molar-refractivity contribution is -0.132. The molecule has 1 saturated heterocycles. The fourth-order valence-electron chi connectivity index (χ4n) is 4.22. The third-order valence-electron chi connectivity index (χ3n) is 6.01. The molecule has 2 aromatic carbocycles. The Morgan fingerprint density at radius 2 is 1.84 bits per heavy atom. The van der Waals surface area contributed by atoms with Crippen molar-refractivity contribution in [1.82, 2.24) is 4.98 Å². The smallest absolute Gasteiger partial charge is 0.350 e. The summed E-state index contributed by atoms with van der Waals surface area (Å²) in [7, 11) is 0. The minimum Gasteiger partial charge on any atom is -0.507 e. The third kappa shape index (κ3) is 5.04. The van der Waals surface area contributed by atoms with Crippen LogP contribution in [0.5, 0.6) is 5.75 Å². The van der Waals surface area contributed by atoms with Crippen LogP contribution in [-0.4, -0.2) is 41.0 Å². The number of carbonyl (C=O) groups is 3. The quantitative estimate of drug-likeness (QED) is 0.175. The van der Waals surface area contributed by atoms with Gasteiger partial charge in [0, 0.05) is 5.56 Å². The van der Waals surface area contributed by atoms with Gasteiger partial charge >= 0.3 is 11.9 Å². The van der Waals surface area contributed by atoms with Crippen LogP contribution in [0.2, 0.25) is 0 Å². The van der Waals surface area contributed by atoms with E-state index in [1.54, 1.807) is 39.0 Å². The largest absolute Gasteiger partial charge is 0.507 e. The van der Waals surface area contributed by atoms with Crippen molar-refractivity contribution in [2.24, 2.45) is 0 Å². The molecule has 0 saturated carbocycles. The molecule has 0 aliphatic carbocycles. The molecule has 1 atom stereocenters. The van der Waals surface area contributed by atoms with Crippen LogP contribution in [0.1, 0.15) is 58.4 Å². The van der Waals surface area contributed by atoms with Crippen LogP contribution in [0.4, 0.5) is 9.52 Å². The van der Waals surface area contributed by atoms with E-state index < -0.39 is 29.5 Å². The Hall–Kier alpha value is -4.05. The number of benzene rings is 2. The highest BCUT2D eigenvalue weighted by atomic mass is 32.1. The number of Topliss-reactive ketones (excluding diaryl/α,β-unsaturated/α-hetero) is 1. The number of amides is 1. The van der Waals surface area contributed by atoms with Crippen molar-refractivity contribution < 1.29 is 33.4 Å². The number of hydrogen-bond donors (Lipinski definition) is 1. The topological polar surface area (TPSA) is 106 Å². The predicted octanol–water partition coefficient (Wildman–Crippen LogP) is 5.49. The average molecular weight is 539 g/mol. The maximum atomic E-state index is 13.8.